The van der Waals surface area contributed by atoms with Crippen molar-refractivity contribution in [3.8, 4) is 11.8 Å². The molecule has 4 nitrogen and oxygen atoms in total. The van der Waals surface area contributed by atoms with Gasteiger partial charge in [-0.1, -0.05) is 17.7 Å². The number of aryl methyl sites for hydroxylation is 1. The van der Waals surface area contributed by atoms with Crippen LogP contribution >= 0.6 is 11.6 Å². The molecule has 1 heterocycles. The molecule has 1 aliphatic rings. The summed E-state index contributed by atoms with van der Waals surface area (Å²) in [6.45, 7) is 2.68. The van der Waals surface area contributed by atoms with Crippen LogP contribution in [0.15, 0.2) is 28.9 Å². The van der Waals surface area contributed by atoms with Crippen LogP contribution in [-0.2, 0) is 6.54 Å². The average molecular weight is 279 g/mol. The van der Waals surface area contributed by atoms with Gasteiger partial charge in [-0.3, -0.25) is 0 Å². The second-order valence-electron chi connectivity index (χ2n) is 4.80. The molecule has 0 bridgehead atoms. The number of nitrogens with zero attached hydrogens (tertiary/aromatic N) is 1. The zero-order valence-electron chi connectivity index (χ0n) is 10.6. The van der Waals surface area contributed by atoms with Crippen molar-refractivity contribution < 1.29 is 9.15 Å². The molecule has 5 heteroatoms. The molecule has 1 aromatic heterocycles. The largest absolute Gasteiger partial charge is 0.417 e. The second kappa shape index (κ2) is 5.23. The van der Waals surface area contributed by atoms with Crippen molar-refractivity contribution in [2.75, 3.05) is 0 Å². The highest BCUT2D eigenvalue weighted by molar-refractivity contribution is 6.32. The summed E-state index contributed by atoms with van der Waals surface area (Å²) in [6.07, 6.45) is 4.33. The standard InChI is InChI=1S/C14H15ClN2O2/c1-9-2-5-13(12(15)6-9)19-14-17-11(8-18-14)7-16-10-3-4-10/h2,5-6,8,10,16H,3-4,7H2,1H3. The zero-order valence-corrected chi connectivity index (χ0v) is 11.4. The summed E-state index contributed by atoms with van der Waals surface area (Å²) in [5.74, 6) is 0.552. The highest BCUT2D eigenvalue weighted by Gasteiger charge is 2.20. The van der Waals surface area contributed by atoms with E-state index in [4.69, 9.17) is 20.8 Å². The Morgan fingerprint density at radius 3 is 3.05 bits per heavy atom. The topological polar surface area (TPSA) is 47.3 Å². The molecule has 1 N–H and O–H groups in total. The van der Waals surface area contributed by atoms with E-state index in [1.54, 1.807) is 6.26 Å². The van der Waals surface area contributed by atoms with Crippen molar-refractivity contribution in [2.45, 2.75) is 32.4 Å². The van der Waals surface area contributed by atoms with Gasteiger partial charge in [-0.05, 0) is 37.5 Å². The van der Waals surface area contributed by atoms with Gasteiger partial charge in [0, 0.05) is 12.6 Å². The predicted octanol–water partition coefficient (Wildman–Crippen LogP) is 3.68. The Kier molecular flexibility index (Phi) is 3.44. The van der Waals surface area contributed by atoms with Gasteiger partial charge >= 0.3 is 6.08 Å². The van der Waals surface area contributed by atoms with Crippen molar-refractivity contribution in [1.82, 2.24) is 10.3 Å². The van der Waals surface area contributed by atoms with Gasteiger partial charge in [-0.2, -0.15) is 4.98 Å². The molecule has 19 heavy (non-hydrogen) atoms. The number of hydrogen-bond acceptors (Lipinski definition) is 4. The predicted molar refractivity (Wildman–Crippen MR) is 72.6 cm³/mol. The lowest BCUT2D eigenvalue weighted by Gasteiger charge is -2.03. The molecule has 1 aliphatic carbocycles. The van der Waals surface area contributed by atoms with Gasteiger partial charge in [0.15, 0.2) is 5.75 Å². The molecule has 0 radical (unpaired) electrons. The van der Waals surface area contributed by atoms with Crippen LogP contribution in [-0.4, -0.2) is 11.0 Å². The zero-order chi connectivity index (χ0) is 13.2. The van der Waals surface area contributed by atoms with E-state index in [-0.39, 0.29) is 6.08 Å². The summed E-state index contributed by atoms with van der Waals surface area (Å²) in [7, 11) is 0. The molecule has 0 atom stereocenters. The number of benzene rings is 1. The summed E-state index contributed by atoms with van der Waals surface area (Å²) in [5, 5.41) is 3.92. The van der Waals surface area contributed by atoms with Gasteiger partial charge in [0.05, 0.1) is 10.7 Å². The maximum absolute atomic E-state index is 6.09. The van der Waals surface area contributed by atoms with Crippen LogP contribution in [0.5, 0.6) is 11.8 Å². The first-order valence-electron chi connectivity index (χ1n) is 6.32. The quantitative estimate of drug-likeness (QED) is 0.906. The average Bonchev–Trinajstić information content (AvgIpc) is 3.10. The molecule has 0 unspecified atom stereocenters. The minimum atomic E-state index is 0.221. The first kappa shape index (κ1) is 12.5. The summed E-state index contributed by atoms with van der Waals surface area (Å²) in [6, 6.07) is 6.23. The second-order valence-corrected chi connectivity index (χ2v) is 5.20. The minimum absolute atomic E-state index is 0.221. The molecule has 0 aliphatic heterocycles. The summed E-state index contributed by atoms with van der Waals surface area (Å²) in [4.78, 5) is 4.26. The molecule has 1 fully saturated rings. The first-order chi connectivity index (χ1) is 9.20. The molecule has 0 amide bonds. The Bertz CT molecular complexity index is 579. The highest BCUT2D eigenvalue weighted by atomic mass is 35.5. The third kappa shape index (κ3) is 3.28. The van der Waals surface area contributed by atoms with Gasteiger partial charge in [0.1, 0.15) is 6.26 Å². The van der Waals surface area contributed by atoms with Crippen LogP contribution in [0.1, 0.15) is 24.1 Å². The third-order valence-corrected chi connectivity index (χ3v) is 3.26. The van der Waals surface area contributed by atoms with Crippen LogP contribution in [0.3, 0.4) is 0 Å². The van der Waals surface area contributed by atoms with Gasteiger partial charge in [-0.15, -0.1) is 0 Å². The van der Waals surface area contributed by atoms with Gasteiger partial charge in [0.2, 0.25) is 0 Å². The van der Waals surface area contributed by atoms with Crippen molar-refractivity contribution in [2.24, 2.45) is 0 Å². The number of oxazole rings is 1. The Morgan fingerprint density at radius 2 is 2.32 bits per heavy atom. The molecule has 0 spiro atoms. The van der Waals surface area contributed by atoms with Crippen LogP contribution in [0.4, 0.5) is 0 Å². The van der Waals surface area contributed by atoms with Crippen LogP contribution in [0, 0.1) is 6.92 Å². The molecular weight excluding hydrogens is 264 g/mol. The molecule has 1 aromatic carbocycles. The smallest absolute Gasteiger partial charge is 0.399 e. The van der Waals surface area contributed by atoms with Crippen molar-refractivity contribution in [3.05, 3.63) is 40.7 Å². The lowest BCUT2D eigenvalue weighted by molar-refractivity contribution is 0.331. The SMILES string of the molecule is Cc1ccc(Oc2nc(CNC3CC3)co2)c(Cl)c1. The van der Waals surface area contributed by atoms with Gasteiger partial charge in [-0.25, -0.2) is 0 Å². The molecular formula is C14H15ClN2O2. The number of ether oxygens (including phenoxy) is 1. The van der Waals surface area contributed by atoms with E-state index in [1.807, 2.05) is 25.1 Å². The summed E-state index contributed by atoms with van der Waals surface area (Å²) >= 11 is 6.09. The Morgan fingerprint density at radius 1 is 1.47 bits per heavy atom. The molecule has 1 saturated carbocycles. The number of hydrogen-bond donors (Lipinski definition) is 1. The number of halogens is 1. The van der Waals surface area contributed by atoms with Gasteiger partial charge < -0.3 is 14.5 Å². The molecule has 3 rings (SSSR count). The van der Waals surface area contributed by atoms with E-state index < -0.39 is 0 Å². The highest BCUT2D eigenvalue weighted by Crippen LogP contribution is 2.29. The van der Waals surface area contributed by atoms with E-state index in [2.05, 4.69) is 10.3 Å². The number of rotatable bonds is 5. The number of nitrogens with one attached hydrogen (secondary N) is 1. The van der Waals surface area contributed by atoms with Crippen LogP contribution < -0.4 is 10.1 Å². The van der Waals surface area contributed by atoms with E-state index in [9.17, 15) is 0 Å². The summed E-state index contributed by atoms with van der Waals surface area (Å²) in [5.41, 5.74) is 1.92. The maximum Gasteiger partial charge on any atom is 0.399 e. The van der Waals surface area contributed by atoms with Gasteiger partial charge in [0.25, 0.3) is 0 Å². The normalized spacial score (nSPS) is 14.6. The maximum atomic E-state index is 6.09. The Balaban J connectivity index is 1.65. The molecule has 2 aromatic rings. The number of aromatic nitrogens is 1. The lowest BCUT2D eigenvalue weighted by Crippen LogP contribution is -2.15. The van der Waals surface area contributed by atoms with E-state index in [1.165, 1.54) is 12.8 Å². The van der Waals surface area contributed by atoms with Crippen molar-refractivity contribution in [1.29, 1.82) is 0 Å². The fraction of sp³-hybridized carbons (Fsp3) is 0.357. The fourth-order valence-corrected chi connectivity index (χ4v) is 2.01. The fourth-order valence-electron chi connectivity index (χ4n) is 1.74. The Labute approximate surface area is 116 Å². The third-order valence-electron chi connectivity index (χ3n) is 2.96. The Hall–Kier alpha value is -1.52. The summed E-state index contributed by atoms with van der Waals surface area (Å²) < 4.78 is 10.8. The van der Waals surface area contributed by atoms with Crippen LogP contribution in [0.2, 0.25) is 5.02 Å². The first-order valence-corrected chi connectivity index (χ1v) is 6.70. The van der Waals surface area contributed by atoms with Crippen molar-refractivity contribution in [3.63, 3.8) is 0 Å². The van der Waals surface area contributed by atoms with E-state index in [0.717, 1.165) is 11.3 Å². The molecule has 100 valence electrons. The van der Waals surface area contributed by atoms with E-state index >= 15 is 0 Å². The monoisotopic (exact) mass is 278 g/mol. The minimum Gasteiger partial charge on any atom is -0.417 e. The lowest BCUT2D eigenvalue weighted by atomic mass is 10.2. The van der Waals surface area contributed by atoms with E-state index in [0.29, 0.717) is 23.4 Å². The molecule has 0 saturated heterocycles. The van der Waals surface area contributed by atoms with Crippen LogP contribution in [0.25, 0.3) is 0 Å². The van der Waals surface area contributed by atoms with Crippen molar-refractivity contribution >= 4 is 11.6 Å².